The number of carbonyl (C=O) groups excluding carboxylic acids is 1. The van der Waals surface area contributed by atoms with Crippen molar-refractivity contribution in [3.63, 3.8) is 0 Å². The Bertz CT molecular complexity index is 804. The number of amides is 1. The van der Waals surface area contributed by atoms with Crippen molar-refractivity contribution in [1.82, 2.24) is 9.97 Å². The van der Waals surface area contributed by atoms with Crippen LogP contribution >= 0.6 is 23.1 Å². The van der Waals surface area contributed by atoms with Gasteiger partial charge in [0, 0.05) is 35.7 Å². The van der Waals surface area contributed by atoms with E-state index in [4.69, 9.17) is 4.98 Å². The molecule has 0 spiro atoms. The zero-order valence-corrected chi connectivity index (χ0v) is 14.9. The number of aromatic nitrogens is 2. The SMILES string of the molecule is CSCCC(=O)Nc1sc(-c2cccnc2)nc1-c1ccccc1. The van der Waals surface area contributed by atoms with Crippen molar-refractivity contribution in [2.75, 3.05) is 17.3 Å². The minimum atomic E-state index is 0.0166. The number of anilines is 1. The van der Waals surface area contributed by atoms with E-state index < -0.39 is 0 Å². The highest BCUT2D eigenvalue weighted by atomic mass is 32.2. The number of benzene rings is 1. The van der Waals surface area contributed by atoms with Gasteiger partial charge in [0.2, 0.25) is 5.91 Å². The lowest BCUT2D eigenvalue weighted by Gasteiger charge is -2.04. The van der Waals surface area contributed by atoms with Crippen LogP contribution < -0.4 is 5.32 Å². The second-order valence-electron chi connectivity index (χ2n) is 5.10. The fraction of sp³-hybridized carbons (Fsp3) is 0.167. The summed E-state index contributed by atoms with van der Waals surface area (Å²) in [6, 6.07) is 13.8. The van der Waals surface area contributed by atoms with Gasteiger partial charge in [0.15, 0.2) is 0 Å². The summed E-state index contributed by atoms with van der Waals surface area (Å²) in [6.07, 6.45) is 6.01. The molecule has 1 N–H and O–H groups in total. The summed E-state index contributed by atoms with van der Waals surface area (Å²) in [6.45, 7) is 0. The second kappa shape index (κ2) is 8.08. The van der Waals surface area contributed by atoms with E-state index in [1.165, 1.54) is 11.3 Å². The molecule has 0 aliphatic carbocycles. The van der Waals surface area contributed by atoms with Crippen LogP contribution in [-0.2, 0) is 4.79 Å². The predicted molar refractivity (Wildman–Crippen MR) is 102 cm³/mol. The van der Waals surface area contributed by atoms with Gasteiger partial charge in [-0.2, -0.15) is 11.8 Å². The van der Waals surface area contributed by atoms with Crippen LogP contribution in [0.5, 0.6) is 0 Å². The summed E-state index contributed by atoms with van der Waals surface area (Å²) in [7, 11) is 0. The molecule has 122 valence electrons. The van der Waals surface area contributed by atoms with Gasteiger partial charge in [0.1, 0.15) is 15.7 Å². The lowest BCUT2D eigenvalue weighted by atomic mass is 10.1. The monoisotopic (exact) mass is 355 g/mol. The van der Waals surface area contributed by atoms with Crippen LogP contribution in [0.25, 0.3) is 21.8 Å². The van der Waals surface area contributed by atoms with Crippen LogP contribution in [0.15, 0.2) is 54.9 Å². The van der Waals surface area contributed by atoms with Gasteiger partial charge in [0.05, 0.1) is 0 Å². The van der Waals surface area contributed by atoms with Gasteiger partial charge < -0.3 is 5.32 Å². The van der Waals surface area contributed by atoms with Crippen LogP contribution in [0.2, 0.25) is 0 Å². The molecule has 24 heavy (non-hydrogen) atoms. The van der Waals surface area contributed by atoms with Gasteiger partial charge in [-0.25, -0.2) is 4.98 Å². The highest BCUT2D eigenvalue weighted by Gasteiger charge is 2.16. The van der Waals surface area contributed by atoms with Crippen molar-refractivity contribution in [3.05, 3.63) is 54.9 Å². The molecule has 0 unspecified atom stereocenters. The summed E-state index contributed by atoms with van der Waals surface area (Å²) < 4.78 is 0. The van der Waals surface area contributed by atoms with Gasteiger partial charge in [-0.15, -0.1) is 0 Å². The number of nitrogens with one attached hydrogen (secondary N) is 1. The maximum Gasteiger partial charge on any atom is 0.225 e. The number of hydrogen-bond donors (Lipinski definition) is 1. The van der Waals surface area contributed by atoms with E-state index in [9.17, 15) is 4.79 Å². The molecule has 0 bridgehead atoms. The van der Waals surface area contributed by atoms with E-state index in [0.29, 0.717) is 6.42 Å². The molecular weight excluding hydrogens is 338 g/mol. The topological polar surface area (TPSA) is 54.9 Å². The molecule has 0 aliphatic heterocycles. The lowest BCUT2D eigenvalue weighted by molar-refractivity contribution is -0.115. The van der Waals surface area contributed by atoms with Gasteiger partial charge in [-0.05, 0) is 18.4 Å². The van der Waals surface area contributed by atoms with Gasteiger partial charge in [-0.1, -0.05) is 41.7 Å². The van der Waals surface area contributed by atoms with Crippen LogP contribution in [0.1, 0.15) is 6.42 Å². The Labute approximate surface area is 149 Å². The number of rotatable bonds is 6. The Morgan fingerprint density at radius 3 is 2.67 bits per heavy atom. The molecule has 1 aromatic carbocycles. The fourth-order valence-electron chi connectivity index (χ4n) is 2.19. The molecule has 6 heteroatoms. The Morgan fingerprint density at radius 1 is 1.17 bits per heavy atom. The normalized spacial score (nSPS) is 10.5. The van der Waals surface area contributed by atoms with Crippen LogP contribution in [0.3, 0.4) is 0 Å². The van der Waals surface area contributed by atoms with Gasteiger partial charge in [0.25, 0.3) is 0 Å². The lowest BCUT2D eigenvalue weighted by Crippen LogP contribution is -2.11. The Kier molecular flexibility index (Phi) is 5.61. The van der Waals surface area contributed by atoms with E-state index in [0.717, 1.165) is 32.6 Å². The van der Waals surface area contributed by atoms with Gasteiger partial charge >= 0.3 is 0 Å². The predicted octanol–water partition coefficient (Wildman–Crippen LogP) is 4.56. The first-order valence-corrected chi connectivity index (χ1v) is 9.74. The van der Waals surface area contributed by atoms with Crippen molar-refractivity contribution >= 4 is 34.0 Å². The summed E-state index contributed by atoms with van der Waals surface area (Å²) >= 11 is 3.14. The molecule has 2 aromatic heterocycles. The van der Waals surface area contributed by atoms with E-state index in [-0.39, 0.29) is 5.91 Å². The van der Waals surface area contributed by atoms with E-state index in [2.05, 4.69) is 10.3 Å². The molecule has 2 heterocycles. The van der Waals surface area contributed by atoms with E-state index in [1.54, 1.807) is 24.2 Å². The Balaban J connectivity index is 1.96. The summed E-state index contributed by atoms with van der Waals surface area (Å²) in [5.41, 5.74) is 2.74. The molecule has 3 rings (SSSR count). The Morgan fingerprint density at radius 2 is 1.96 bits per heavy atom. The minimum Gasteiger partial charge on any atom is -0.316 e. The maximum atomic E-state index is 12.1. The highest BCUT2D eigenvalue weighted by Crippen LogP contribution is 2.37. The highest BCUT2D eigenvalue weighted by molar-refractivity contribution is 7.98. The molecule has 0 aliphatic rings. The number of pyridine rings is 1. The smallest absolute Gasteiger partial charge is 0.225 e. The fourth-order valence-corrected chi connectivity index (χ4v) is 3.58. The van der Waals surface area contributed by atoms with E-state index >= 15 is 0 Å². The maximum absolute atomic E-state index is 12.1. The van der Waals surface area contributed by atoms with Crippen molar-refractivity contribution in [2.24, 2.45) is 0 Å². The number of nitrogens with zero attached hydrogens (tertiary/aromatic N) is 2. The standard InChI is InChI=1S/C18H17N3OS2/c1-23-11-9-15(22)20-18-16(13-6-3-2-4-7-13)21-17(24-18)14-8-5-10-19-12-14/h2-8,10,12H,9,11H2,1H3,(H,20,22). The third-order valence-electron chi connectivity index (χ3n) is 3.37. The number of thioether (sulfide) groups is 1. The van der Waals surface area contributed by atoms with Crippen LogP contribution in [0.4, 0.5) is 5.00 Å². The number of carbonyl (C=O) groups is 1. The number of hydrogen-bond acceptors (Lipinski definition) is 5. The van der Waals surface area contributed by atoms with Crippen LogP contribution in [-0.4, -0.2) is 27.9 Å². The molecule has 0 atom stereocenters. The molecule has 3 aromatic rings. The van der Waals surface area contributed by atoms with Gasteiger partial charge in [-0.3, -0.25) is 9.78 Å². The zero-order chi connectivity index (χ0) is 16.8. The number of thiazole rings is 1. The third-order valence-corrected chi connectivity index (χ3v) is 5.00. The second-order valence-corrected chi connectivity index (χ2v) is 7.08. The molecular formula is C18H17N3OS2. The first kappa shape index (κ1) is 16.7. The molecule has 0 fully saturated rings. The molecule has 0 saturated carbocycles. The van der Waals surface area contributed by atoms with Crippen LogP contribution in [0, 0.1) is 0 Å². The van der Waals surface area contributed by atoms with Crippen molar-refractivity contribution in [1.29, 1.82) is 0 Å². The van der Waals surface area contributed by atoms with Crippen molar-refractivity contribution in [2.45, 2.75) is 6.42 Å². The molecule has 1 amide bonds. The average Bonchev–Trinajstić information content (AvgIpc) is 3.05. The first-order chi connectivity index (χ1) is 11.8. The Hall–Kier alpha value is -2.18. The summed E-state index contributed by atoms with van der Waals surface area (Å²) in [5, 5.41) is 4.65. The third kappa shape index (κ3) is 4.01. The molecule has 0 radical (unpaired) electrons. The summed E-state index contributed by atoms with van der Waals surface area (Å²) in [5.74, 6) is 0.823. The largest absolute Gasteiger partial charge is 0.316 e. The summed E-state index contributed by atoms with van der Waals surface area (Å²) in [4.78, 5) is 21.0. The molecule has 4 nitrogen and oxygen atoms in total. The minimum absolute atomic E-state index is 0.0166. The quantitative estimate of drug-likeness (QED) is 0.704. The van der Waals surface area contributed by atoms with E-state index in [1.807, 2.05) is 48.7 Å². The van der Waals surface area contributed by atoms with Crippen molar-refractivity contribution in [3.8, 4) is 21.8 Å². The molecule has 0 saturated heterocycles. The van der Waals surface area contributed by atoms with Crippen molar-refractivity contribution < 1.29 is 4.79 Å². The zero-order valence-electron chi connectivity index (χ0n) is 13.2. The average molecular weight is 355 g/mol. The first-order valence-electron chi connectivity index (χ1n) is 7.53.